The Kier molecular flexibility index (Phi) is 8.71. The van der Waals surface area contributed by atoms with Gasteiger partial charge < -0.3 is 10.2 Å². The topological polar surface area (TPSA) is 40.5 Å². The van der Waals surface area contributed by atoms with Crippen molar-refractivity contribution in [1.29, 1.82) is 0 Å². The van der Waals surface area contributed by atoms with Crippen LogP contribution in [0.25, 0.3) is 0 Å². The Morgan fingerprint density at radius 2 is 1.00 bits per heavy atom. The van der Waals surface area contributed by atoms with E-state index in [0.717, 1.165) is 5.92 Å². The highest BCUT2D eigenvalue weighted by Gasteiger charge is 2.50. The highest BCUT2D eigenvalue weighted by Crippen LogP contribution is 2.59. The molecule has 0 amide bonds. The van der Waals surface area contributed by atoms with E-state index >= 15 is 0 Å². The van der Waals surface area contributed by atoms with E-state index in [0.29, 0.717) is 11.5 Å². The molecule has 3 aliphatic rings. The van der Waals surface area contributed by atoms with E-state index in [1.807, 2.05) is 26.0 Å². The van der Waals surface area contributed by atoms with Gasteiger partial charge in [0, 0.05) is 0 Å². The molecule has 3 saturated carbocycles. The van der Waals surface area contributed by atoms with Crippen molar-refractivity contribution in [3.8, 4) is 11.5 Å². The van der Waals surface area contributed by atoms with Crippen LogP contribution in [-0.4, -0.2) is 10.2 Å². The van der Waals surface area contributed by atoms with Crippen LogP contribution in [0.5, 0.6) is 11.5 Å². The lowest BCUT2D eigenvalue weighted by molar-refractivity contribution is 0.259. The first-order valence-electron chi connectivity index (χ1n) is 10.6. The maximum atomic E-state index is 8.63. The molecular formula is C25H36O2. The van der Waals surface area contributed by atoms with Crippen LogP contribution in [0.2, 0.25) is 0 Å². The number of aromatic hydroxyl groups is 2. The van der Waals surface area contributed by atoms with Gasteiger partial charge in [0.1, 0.15) is 11.5 Å². The van der Waals surface area contributed by atoms with E-state index in [2.05, 4.69) is 6.92 Å². The van der Waals surface area contributed by atoms with E-state index in [1.165, 1.54) is 23.7 Å². The second kappa shape index (κ2) is 11.0. The molecule has 0 radical (unpaired) electrons. The Labute approximate surface area is 165 Å². The monoisotopic (exact) mass is 368 g/mol. The molecule has 148 valence electrons. The summed E-state index contributed by atoms with van der Waals surface area (Å²) in [5.74, 6) is 6.43. The van der Waals surface area contributed by atoms with Gasteiger partial charge in [0.05, 0.1) is 0 Å². The molecule has 3 aliphatic carbocycles. The van der Waals surface area contributed by atoms with Crippen LogP contribution >= 0.6 is 0 Å². The number of hydrogen-bond acceptors (Lipinski definition) is 2. The van der Waals surface area contributed by atoms with E-state index in [1.54, 1.807) is 80.6 Å². The lowest BCUT2D eigenvalue weighted by Gasteiger charge is -2.23. The summed E-state index contributed by atoms with van der Waals surface area (Å²) in [7, 11) is 0. The average molecular weight is 369 g/mol. The second-order valence-electron chi connectivity index (χ2n) is 7.91. The number of fused-ring (bicyclic) bond motifs is 5. The van der Waals surface area contributed by atoms with Crippen LogP contribution in [0, 0.1) is 29.6 Å². The number of phenolic OH excluding ortho intramolecular Hbond substituents is 2. The lowest BCUT2D eigenvalue weighted by atomic mass is 9.82. The zero-order chi connectivity index (χ0) is 19.6. The Bertz CT molecular complexity index is 570. The molecular weight excluding hydrogens is 332 g/mol. The van der Waals surface area contributed by atoms with E-state index in [-0.39, 0.29) is 0 Å². The Morgan fingerprint density at radius 1 is 0.630 bits per heavy atom. The molecule has 5 rings (SSSR count). The van der Waals surface area contributed by atoms with Crippen molar-refractivity contribution in [3.63, 3.8) is 0 Å². The first-order valence-corrected chi connectivity index (χ1v) is 10.6. The summed E-state index contributed by atoms with van der Waals surface area (Å²) in [5, 5.41) is 17.3. The van der Waals surface area contributed by atoms with Gasteiger partial charge in [-0.2, -0.15) is 0 Å². The number of hydrogen-bond donors (Lipinski definition) is 2. The normalized spacial score (nSPS) is 29.2. The predicted octanol–water partition coefficient (Wildman–Crippen LogP) is 6.89. The maximum absolute atomic E-state index is 8.63. The second-order valence-corrected chi connectivity index (χ2v) is 7.91. The molecule has 0 aromatic heterocycles. The Balaban J connectivity index is 0.000000145. The van der Waals surface area contributed by atoms with Gasteiger partial charge in [0.15, 0.2) is 0 Å². The first kappa shape index (κ1) is 21.3. The standard InChI is InChI=1S/C11H18.2C6H6O.C2H6/c1-7-4-10-8-2-3-9(6-8)11(10)5-7;2*7-6-4-2-1-3-5-6;1-2/h7-11H,2-6H2,1H3;2*1-5,7H;1-2H3. The zero-order valence-electron chi connectivity index (χ0n) is 17.1. The van der Waals surface area contributed by atoms with Crippen molar-refractivity contribution in [1.82, 2.24) is 0 Å². The third-order valence-electron chi connectivity index (χ3n) is 6.14. The molecule has 27 heavy (non-hydrogen) atoms. The van der Waals surface area contributed by atoms with E-state index in [4.69, 9.17) is 10.2 Å². The molecule has 2 bridgehead atoms. The molecule has 0 saturated heterocycles. The molecule has 2 aromatic rings. The molecule has 0 heterocycles. The molecule has 2 aromatic carbocycles. The van der Waals surface area contributed by atoms with Gasteiger partial charge in [-0.25, -0.2) is 0 Å². The van der Waals surface area contributed by atoms with Crippen LogP contribution in [0.4, 0.5) is 0 Å². The van der Waals surface area contributed by atoms with Gasteiger partial charge in [-0.05, 0) is 86.0 Å². The van der Waals surface area contributed by atoms with Gasteiger partial charge in [0.25, 0.3) is 0 Å². The summed E-state index contributed by atoms with van der Waals surface area (Å²) in [6.45, 7) is 6.46. The summed E-state index contributed by atoms with van der Waals surface area (Å²) in [6.07, 6.45) is 7.93. The summed E-state index contributed by atoms with van der Waals surface area (Å²) >= 11 is 0. The van der Waals surface area contributed by atoms with Crippen molar-refractivity contribution in [3.05, 3.63) is 60.7 Å². The maximum Gasteiger partial charge on any atom is 0.115 e. The summed E-state index contributed by atoms with van der Waals surface area (Å²) in [4.78, 5) is 0. The van der Waals surface area contributed by atoms with Gasteiger partial charge in [0.2, 0.25) is 0 Å². The van der Waals surface area contributed by atoms with E-state index in [9.17, 15) is 0 Å². The number of rotatable bonds is 0. The molecule has 0 aliphatic heterocycles. The van der Waals surface area contributed by atoms with Gasteiger partial charge in [-0.1, -0.05) is 57.2 Å². The molecule has 2 nitrogen and oxygen atoms in total. The van der Waals surface area contributed by atoms with Crippen molar-refractivity contribution in [2.24, 2.45) is 29.6 Å². The number of para-hydroxylation sites is 2. The highest BCUT2D eigenvalue weighted by atomic mass is 16.3. The zero-order valence-corrected chi connectivity index (χ0v) is 17.1. The minimum Gasteiger partial charge on any atom is -0.508 e. The van der Waals surface area contributed by atoms with Crippen LogP contribution in [0.3, 0.4) is 0 Å². The molecule has 4 atom stereocenters. The van der Waals surface area contributed by atoms with Gasteiger partial charge >= 0.3 is 0 Å². The molecule has 4 unspecified atom stereocenters. The van der Waals surface area contributed by atoms with Crippen molar-refractivity contribution >= 4 is 0 Å². The van der Waals surface area contributed by atoms with E-state index < -0.39 is 0 Å². The molecule has 2 heteroatoms. The predicted molar refractivity (Wildman–Crippen MR) is 114 cm³/mol. The van der Waals surface area contributed by atoms with Gasteiger partial charge in [-0.3, -0.25) is 0 Å². The lowest BCUT2D eigenvalue weighted by Crippen LogP contribution is -2.15. The Morgan fingerprint density at radius 3 is 1.30 bits per heavy atom. The van der Waals surface area contributed by atoms with Crippen LogP contribution in [-0.2, 0) is 0 Å². The summed E-state index contributed by atoms with van der Waals surface area (Å²) in [5.41, 5.74) is 0. The fourth-order valence-electron chi connectivity index (χ4n) is 5.15. The van der Waals surface area contributed by atoms with Crippen molar-refractivity contribution in [2.75, 3.05) is 0 Å². The van der Waals surface area contributed by atoms with Crippen molar-refractivity contribution < 1.29 is 10.2 Å². The van der Waals surface area contributed by atoms with Crippen LogP contribution in [0.15, 0.2) is 60.7 Å². The summed E-state index contributed by atoms with van der Waals surface area (Å²) in [6, 6.07) is 17.4. The third kappa shape index (κ3) is 6.30. The SMILES string of the molecule is CC.CC1CC2C3CCC(C3)C2C1.Oc1ccccc1.Oc1ccccc1. The molecule has 0 spiro atoms. The minimum absolute atomic E-state index is 0.322. The fraction of sp³-hybridized carbons (Fsp3) is 0.520. The smallest absolute Gasteiger partial charge is 0.115 e. The summed E-state index contributed by atoms with van der Waals surface area (Å²) < 4.78 is 0. The minimum atomic E-state index is 0.322. The highest BCUT2D eigenvalue weighted by molar-refractivity contribution is 5.19. The van der Waals surface area contributed by atoms with Crippen LogP contribution in [0.1, 0.15) is 52.9 Å². The number of benzene rings is 2. The third-order valence-corrected chi connectivity index (χ3v) is 6.14. The quantitative estimate of drug-likeness (QED) is 0.531. The van der Waals surface area contributed by atoms with Crippen molar-refractivity contribution in [2.45, 2.75) is 52.9 Å². The molecule has 3 fully saturated rings. The Hall–Kier alpha value is -1.96. The van der Waals surface area contributed by atoms with Gasteiger partial charge in [-0.15, -0.1) is 0 Å². The van der Waals surface area contributed by atoms with Crippen LogP contribution < -0.4 is 0 Å². The number of phenols is 2. The largest absolute Gasteiger partial charge is 0.508 e. The average Bonchev–Trinajstić information content (AvgIpc) is 3.39. The fourth-order valence-corrected chi connectivity index (χ4v) is 5.15. The first-order chi connectivity index (χ1) is 13.1. The molecule has 2 N–H and O–H groups in total.